The number of imidazole rings is 1. The molecular weight excluding hydrogens is 392 g/mol. The second kappa shape index (κ2) is 7.28. The molecule has 8 nitrogen and oxygen atoms in total. The fourth-order valence-electron chi connectivity index (χ4n) is 5.16. The van der Waals surface area contributed by atoms with Gasteiger partial charge in [0.25, 0.3) is 11.5 Å². The van der Waals surface area contributed by atoms with E-state index in [-0.39, 0.29) is 16.9 Å². The first-order chi connectivity index (χ1) is 14.9. The summed E-state index contributed by atoms with van der Waals surface area (Å²) in [7, 11) is 0. The van der Waals surface area contributed by atoms with E-state index < -0.39 is 0 Å². The maximum absolute atomic E-state index is 13.2. The lowest BCUT2D eigenvalue weighted by molar-refractivity contribution is 0.0663. The third kappa shape index (κ3) is 3.34. The molecule has 0 atom stereocenters. The molecule has 3 aromatic heterocycles. The lowest BCUT2D eigenvalue weighted by atomic mass is 9.76. The van der Waals surface area contributed by atoms with Crippen molar-refractivity contribution in [2.45, 2.75) is 58.4 Å². The molecule has 1 spiro atoms. The maximum atomic E-state index is 13.2. The van der Waals surface area contributed by atoms with Gasteiger partial charge in [-0.05, 0) is 44.6 Å². The molecule has 0 saturated carbocycles. The Bertz CT molecular complexity index is 1220. The molecule has 0 bridgehead atoms. The van der Waals surface area contributed by atoms with Gasteiger partial charge in [-0.25, -0.2) is 15.0 Å². The van der Waals surface area contributed by atoms with Crippen LogP contribution in [0.5, 0.6) is 0 Å². The molecule has 3 aromatic rings. The van der Waals surface area contributed by atoms with Gasteiger partial charge in [-0.15, -0.1) is 0 Å². The molecule has 5 rings (SSSR count). The summed E-state index contributed by atoms with van der Waals surface area (Å²) in [6, 6.07) is 1.85. The first kappa shape index (κ1) is 19.9. The van der Waals surface area contributed by atoms with Crippen molar-refractivity contribution in [3.05, 3.63) is 51.6 Å². The maximum Gasteiger partial charge on any atom is 0.255 e. The van der Waals surface area contributed by atoms with E-state index in [4.69, 9.17) is 4.98 Å². The molecule has 0 aromatic carbocycles. The van der Waals surface area contributed by atoms with E-state index in [2.05, 4.69) is 28.8 Å². The highest BCUT2D eigenvalue weighted by atomic mass is 16.2. The number of likely N-dealkylation sites (tertiary alicyclic amines) is 1. The standard InChI is InChI=1S/C23H28N6O2/c1-14(2)12-29-13-25-18-10-16(11-24-20(18)29)22(31)28-8-6-23(7-9-28)5-4-17-19(23)26-15(3)27-21(17)30/h10-11,13-14H,4-9,12H2,1-3H3,(H,26,27,30). The fraction of sp³-hybridized carbons (Fsp3) is 0.522. The van der Waals surface area contributed by atoms with Crippen LogP contribution in [0.1, 0.15) is 60.5 Å². The van der Waals surface area contributed by atoms with Crippen molar-refractivity contribution in [3.8, 4) is 0 Å². The summed E-state index contributed by atoms with van der Waals surface area (Å²) in [4.78, 5) is 43.9. The number of pyridine rings is 1. The molecule has 8 heteroatoms. The minimum Gasteiger partial charge on any atom is -0.339 e. The summed E-state index contributed by atoms with van der Waals surface area (Å²) in [6.45, 7) is 8.31. The number of carbonyl (C=O) groups is 1. The number of aromatic nitrogens is 5. The normalized spacial score (nSPS) is 17.6. The number of piperidine rings is 1. The molecule has 1 aliphatic heterocycles. The summed E-state index contributed by atoms with van der Waals surface area (Å²) in [6.07, 6.45) is 6.84. The van der Waals surface area contributed by atoms with Crippen LogP contribution in [-0.4, -0.2) is 48.4 Å². The Kier molecular flexibility index (Phi) is 4.68. The number of H-pyrrole nitrogens is 1. The molecule has 0 radical (unpaired) electrons. The Morgan fingerprint density at radius 2 is 2.00 bits per heavy atom. The van der Waals surface area contributed by atoms with Crippen LogP contribution in [0.2, 0.25) is 0 Å². The third-order valence-corrected chi connectivity index (χ3v) is 6.76. The smallest absolute Gasteiger partial charge is 0.255 e. The van der Waals surface area contributed by atoms with Crippen molar-refractivity contribution in [2.75, 3.05) is 13.1 Å². The highest BCUT2D eigenvalue weighted by molar-refractivity contribution is 5.96. The predicted octanol–water partition coefficient (Wildman–Crippen LogP) is 2.60. The molecule has 1 fully saturated rings. The Labute approximate surface area is 180 Å². The fourth-order valence-corrected chi connectivity index (χ4v) is 5.16. The topological polar surface area (TPSA) is 96.8 Å². The number of aryl methyl sites for hydroxylation is 1. The SMILES string of the molecule is Cc1nc2c(c(=O)[nH]1)CCC21CCN(C(=O)c2cnc3c(c2)ncn3CC(C)C)CC1. The van der Waals surface area contributed by atoms with Gasteiger partial charge in [0.15, 0.2) is 5.65 Å². The summed E-state index contributed by atoms with van der Waals surface area (Å²) >= 11 is 0. The van der Waals surface area contributed by atoms with Gasteiger partial charge in [0, 0.05) is 36.8 Å². The third-order valence-electron chi connectivity index (χ3n) is 6.76. The second-order valence-electron chi connectivity index (χ2n) is 9.41. The van der Waals surface area contributed by atoms with Gasteiger partial charge < -0.3 is 14.5 Å². The highest BCUT2D eigenvalue weighted by Gasteiger charge is 2.44. The molecule has 1 N–H and O–H groups in total. The molecule has 31 heavy (non-hydrogen) atoms. The summed E-state index contributed by atoms with van der Waals surface area (Å²) < 4.78 is 2.03. The molecule has 1 saturated heterocycles. The average molecular weight is 421 g/mol. The predicted molar refractivity (Wildman–Crippen MR) is 117 cm³/mol. The lowest BCUT2D eigenvalue weighted by Crippen LogP contribution is -2.45. The van der Waals surface area contributed by atoms with Crippen molar-refractivity contribution >= 4 is 17.1 Å². The first-order valence-electron chi connectivity index (χ1n) is 11.1. The number of hydrogen-bond donors (Lipinski definition) is 1. The zero-order chi connectivity index (χ0) is 21.8. The summed E-state index contributed by atoms with van der Waals surface area (Å²) in [5, 5.41) is 0. The number of hydrogen-bond acceptors (Lipinski definition) is 5. The van der Waals surface area contributed by atoms with E-state index in [1.165, 1.54) is 0 Å². The van der Waals surface area contributed by atoms with Crippen LogP contribution in [0.4, 0.5) is 0 Å². The van der Waals surface area contributed by atoms with Crippen LogP contribution in [0.15, 0.2) is 23.4 Å². The number of aromatic amines is 1. The molecule has 1 aliphatic carbocycles. The Morgan fingerprint density at radius 3 is 2.74 bits per heavy atom. The van der Waals surface area contributed by atoms with Gasteiger partial charge in [0.2, 0.25) is 0 Å². The summed E-state index contributed by atoms with van der Waals surface area (Å²) in [5.41, 5.74) is 3.85. The van der Waals surface area contributed by atoms with Gasteiger partial charge in [-0.1, -0.05) is 13.8 Å². The zero-order valence-corrected chi connectivity index (χ0v) is 18.3. The number of nitrogens with one attached hydrogen (secondary N) is 1. The molecule has 1 amide bonds. The highest BCUT2D eigenvalue weighted by Crippen LogP contribution is 2.44. The van der Waals surface area contributed by atoms with Crippen LogP contribution in [0, 0.1) is 12.8 Å². The van der Waals surface area contributed by atoms with Crippen molar-refractivity contribution < 1.29 is 4.79 Å². The minimum absolute atomic E-state index is 0.00377. The van der Waals surface area contributed by atoms with Crippen LogP contribution in [0.3, 0.4) is 0 Å². The van der Waals surface area contributed by atoms with E-state index in [0.29, 0.717) is 30.4 Å². The minimum atomic E-state index is -0.0804. The van der Waals surface area contributed by atoms with Crippen molar-refractivity contribution in [3.63, 3.8) is 0 Å². The van der Waals surface area contributed by atoms with Gasteiger partial charge in [0.05, 0.1) is 17.6 Å². The van der Waals surface area contributed by atoms with Crippen LogP contribution in [-0.2, 0) is 18.4 Å². The van der Waals surface area contributed by atoms with Crippen molar-refractivity contribution in [1.82, 2.24) is 29.4 Å². The van der Waals surface area contributed by atoms with E-state index >= 15 is 0 Å². The van der Waals surface area contributed by atoms with E-state index in [9.17, 15) is 9.59 Å². The van der Waals surface area contributed by atoms with Gasteiger partial charge in [-0.3, -0.25) is 9.59 Å². The van der Waals surface area contributed by atoms with E-state index in [0.717, 1.165) is 54.6 Å². The van der Waals surface area contributed by atoms with E-state index in [1.54, 1.807) is 12.5 Å². The van der Waals surface area contributed by atoms with Gasteiger partial charge in [0.1, 0.15) is 11.3 Å². The molecule has 2 aliphatic rings. The largest absolute Gasteiger partial charge is 0.339 e. The average Bonchev–Trinajstić information content (AvgIpc) is 3.29. The molecule has 162 valence electrons. The van der Waals surface area contributed by atoms with E-state index in [1.807, 2.05) is 22.5 Å². The molecule has 4 heterocycles. The molecular formula is C23H28N6O2. The lowest BCUT2D eigenvalue weighted by Gasteiger charge is -2.39. The number of fused-ring (bicyclic) bond motifs is 3. The van der Waals surface area contributed by atoms with Gasteiger partial charge in [-0.2, -0.15) is 0 Å². The Morgan fingerprint density at radius 1 is 1.23 bits per heavy atom. The second-order valence-corrected chi connectivity index (χ2v) is 9.41. The number of carbonyl (C=O) groups excluding carboxylic acids is 1. The number of rotatable bonds is 3. The van der Waals surface area contributed by atoms with Crippen molar-refractivity contribution in [1.29, 1.82) is 0 Å². The first-order valence-corrected chi connectivity index (χ1v) is 11.1. The van der Waals surface area contributed by atoms with Crippen molar-refractivity contribution in [2.24, 2.45) is 5.92 Å². The summed E-state index contributed by atoms with van der Waals surface area (Å²) in [5.74, 6) is 1.16. The quantitative estimate of drug-likeness (QED) is 0.703. The zero-order valence-electron chi connectivity index (χ0n) is 18.3. The van der Waals surface area contributed by atoms with Crippen LogP contribution >= 0.6 is 0 Å². The van der Waals surface area contributed by atoms with Crippen LogP contribution in [0.25, 0.3) is 11.2 Å². The molecule has 0 unspecified atom stereocenters. The number of amides is 1. The Hall–Kier alpha value is -3.03. The van der Waals surface area contributed by atoms with Gasteiger partial charge >= 0.3 is 0 Å². The monoisotopic (exact) mass is 420 g/mol. The Balaban J connectivity index is 1.34. The van der Waals surface area contributed by atoms with Crippen LogP contribution < -0.4 is 5.56 Å². The number of nitrogens with zero attached hydrogens (tertiary/aromatic N) is 5.